The molecule has 194 valence electrons. The SMILES string of the molecule is O=S(=O)([O-])CCCCC(CCCCS(=O)(=O)[O-])CCC(F)(F)C(F)(F)C(F)(F)C(F)(F)F.[Na+].[Na+]. The van der Waals surface area contributed by atoms with Crippen LogP contribution in [-0.4, -0.2) is 61.4 Å². The van der Waals surface area contributed by atoms with Crippen LogP contribution in [0.3, 0.4) is 0 Å². The van der Waals surface area contributed by atoms with Gasteiger partial charge in [-0.2, -0.15) is 39.5 Å². The van der Waals surface area contributed by atoms with E-state index in [9.17, 15) is 65.5 Å². The molecule has 0 saturated carbocycles. The molecule has 34 heavy (non-hydrogen) atoms. The molecular formula is C15H21F9Na2O6S2. The Morgan fingerprint density at radius 3 is 1.24 bits per heavy atom. The molecule has 0 amide bonds. The largest absolute Gasteiger partial charge is 1.00 e. The zero-order valence-electron chi connectivity index (χ0n) is 18.3. The molecule has 0 spiro atoms. The van der Waals surface area contributed by atoms with Crippen molar-refractivity contribution in [1.29, 1.82) is 0 Å². The van der Waals surface area contributed by atoms with E-state index in [0.29, 0.717) is 0 Å². The minimum Gasteiger partial charge on any atom is -0.748 e. The van der Waals surface area contributed by atoms with Gasteiger partial charge in [-0.25, -0.2) is 16.8 Å². The molecule has 0 atom stereocenters. The average molecular weight is 578 g/mol. The molecule has 0 saturated heterocycles. The Labute approximate surface area is 235 Å². The summed E-state index contributed by atoms with van der Waals surface area (Å²) in [6, 6.07) is 0. The van der Waals surface area contributed by atoms with Gasteiger partial charge < -0.3 is 9.11 Å². The quantitative estimate of drug-likeness (QED) is 0.0991. The summed E-state index contributed by atoms with van der Waals surface area (Å²) in [6.45, 7) is 0. The molecule has 0 bridgehead atoms. The van der Waals surface area contributed by atoms with Gasteiger partial charge in [-0.1, -0.05) is 25.7 Å². The topological polar surface area (TPSA) is 114 Å². The fraction of sp³-hybridized carbons (Fsp3) is 1.00. The van der Waals surface area contributed by atoms with E-state index >= 15 is 0 Å². The summed E-state index contributed by atoms with van der Waals surface area (Å²) in [5, 5.41) is 0. The van der Waals surface area contributed by atoms with Crippen molar-refractivity contribution >= 4 is 20.2 Å². The van der Waals surface area contributed by atoms with E-state index in [4.69, 9.17) is 0 Å². The summed E-state index contributed by atoms with van der Waals surface area (Å²) in [5.74, 6) is -22.2. The molecule has 0 aromatic heterocycles. The molecule has 0 N–H and O–H groups in total. The van der Waals surface area contributed by atoms with Crippen LogP contribution in [0.25, 0.3) is 0 Å². The van der Waals surface area contributed by atoms with E-state index in [1.807, 2.05) is 0 Å². The van der Waals surface area contributed by atoms with Gasteiger partial charge in [-0.05, 0) is 25.2 Å². The fourth-order valence-electron chi connectivity index (χ4n) is 2.81. The minimum absolute atomic E-state index is 0. The van der Waals surface area contributed by atoms with Crippen LogP contribution >= 0.6 is 0 Å². The Bertz CT molecular complexity index is 766. The maximum atomic E-state index is 13.7. The molecule has 0 aliphatic carbocycles. The van der Waals surface area contributed by atoms with Gasteiger partial charge in [0.2, 0.25) is 0 Å². The van der Waals surface area contributed by atoms with Crippen molar-refractivity contribution in [3.05, 3.63) is 0 Å². The van der Waals surface area contributed by atoms with Crippen LogP contribution in [0.2, 0.25) is 0 Å². The van der Waals surface area contributed by atoms with Gasteiger partial charge in [0, 0.05) is 17.9 Å². The second-order valence-electron chi connectivity index (χ2n) is 7.27. The number of alkyl halides is 9. The summed E-state index contributed by atoms with van der Waals surface area (Å²) in [6.07, 6.45) is -11.1. The molecule has 0 aromatic rings. The maximum Gasteiger partial charge on any atom is 1.00 e. The first kappa shape index (κ1) is 39.7. The molecular weight excluding hydrogens is 557 g/mol. The fourth-order valence-corrected chi connectivity index (χ4v) is 3.92. The van der Waals surface area contributed by atoms with Gasteiger partial charge in [-0.15, -0.1) is 0 Å². The van der Waals surface area contributed by atoms with E-state index in [0.717, 1.165) is 0 Å². The number of halogens is 9. The predicted molar refractivity (Wildman–Crippen MR) is 90.5 cm³/mol. The van der Waals surface area contributed by atoms with Crippen molar-refractivity contribution in [1.82, 2.24) is 0 Å². The second-order valence-corrected chi connectivity index (χ2v) is 10.3. The van der Waals surface area contributed by atoms with E-state index in [-0.39, 0.29) is 97.6 Å². The molecule has 0 fully saturated rings. The van der Waals surface area contributed by atoms with Crippen LogP contribution in [-0.2, 0) is 20.2 Å². The van der Waals surface area contributed by atoms with Crippen molar-refractivity contribution in [2.24, 2.45) is 5.92 Å². The van der Waals surface area contributed by atoms with Crippen LogP contribution in [0.1, 0.15) is 51.4 Å². The third kappa shape index (κ3) is 13.7. The van der Waals surface area contributed by atoms with Gasteiger partial charge in [0.15, 0.2) is 0 Å². The van der Waals surface area contributed by atoms with Crippen molar-refractivity contribution in [2.75, 3.05) is 11.5 Å². The summed E-state index contributed by atoms with van der Waals surface area (Å²) in [4.78, 5) is 0. The van der Waals surface area contributed by atoms with Crippen molar-refractivity contribution < 1.29 is 125 Å². The zero-order valence-corrected chi connectivity index (χ0v) is 23.9. The number of hydrogen-bond donors (Lipinski definition) is 0. The van der Waals surface area contributed by atoms with Crippen LogP contribution in [0.4, 0.5) is 39.5 Å². The summed E-state index contributed by atoms with van der Waals surface area (Å²) in [7, 11) is -9.21. The zero-order chi connectivity index (χ0) is 25.6. The van der Waals surface area contributed by atoms with Gasteiger partial charge in [0.05, 0.1) is 20.2 Å². The third-order valence-corrected chi connectivity index (χ3v) is 6.17. The number of unbranched alkanes of at least 4 members (excludes halogenated alkanes) is 2. The average Bonchev–Trinajstić information content (AvgIpc) is 2.56. The summed E-state index contributed by atoms with van der Waals surface area (Å²) >= 11 is 0. The molecule has 0 heterocycles. The van der Waals surface area contributed by atoms with E-state index in [2.05, 4.69) is 0 Å². The van der Waals surface area contributed by atoms with Crippen molar-refractivity contribution in [3.8, 4) is 0 Å². The number of rotatable bonds is 15. The van der Waals surface area contributed by atoms with Crippen LogP contribution in [0.15, 0.2) is 0 Å². The van der Waals surface area contributed by atoms with E-state index in [1.165, 1.54) is 0 Å². The summed E-state index contributed by atoms with van der Waals surface area (Å²) < 4.78 is 180. The third-order valence-electron chi connectivity index (χ3n) is 4.59. The van der Waals surface area contributed by atoms with Crippen LogP contribution in [0, 0.1) is 5.92 Å². The second kappa shape index (κ2) is 15.0. The Morgan fingerprint density at radius 2 is 0.941 bits per heavy atom. The van der Waals surface area contributed by atoms with Gasteiger partial charge in [0.25, 0.3) is 0 Å². The number of hydrogen-bond acceptors (Lipinski definition) is 6. The monoisotopic (exact) mass is 578 g/mol. The van der Waals surface area contributed by atoms with Crippen molar-refractivity contribution in [3.63, 3.8) is 0 Å². The first-order valence-corrected chi connectivity index (χ1v) is 12.3. The molecule has 0 aliphatic heterocycles. The van der Waals surface area contributed by atoms with Gasteiger partial charge in [0.1, 0.15) is 0 Å². The van der Waals surface area contributed by atoms with E-state index in [1.54, 1.807) is 0 Å². The summed E-state index contributed by atoms with van der Waals surface area (Å²) in [5.41, 5.74) is 0. The standard InChI is InChI=1S/C15H23F9O6S2.2Na/c16-12(17,13(18,19)14(20,21)15(22,23)24)8-7-11(5-1-3-9-31(25,26)27)6-2-4-10-32(28,29)30;;/h11H,1-10H2,(H,25,26,27)(H,28,29,30);;/q;2*+1/p-2. The Balaban J connectivity index is -0.00000480. The molecule has 0 radical (unpaired) electrons. The minimum atomic E-state index is -7.01. The van der Waals surface area contributed by atoms with E-state index < -0.39 is 74.4 Å². The predicted octanol–water partition coefficient (Wildman–Crippen LogP) is -1.71. The maximum absolute atomic E-state index is 13.7. The smallest absolute Gasteiger partial charge is 0.748 e. The van der Waals surface area contributed by atoms with Crippen LogP contribution < -0.4 is 59.1 Å². The first-order valence-electron chi connectivity index (χ1n) is 9.11. The Hall–Kier alpha value is 1.19. The molecule has 0 aliphatic rings. The Morgan fingerprint density at radius 1 is 0.588 bits per heavy atom. The van der Waals surface area contributed by atoms with Gasteiger partial charge >= 0.3 is 83.1 Å². The molecule has 19 heteroatoms. The van der Waals surface area contributed by atoms with Gasteiger partial charge in [-0.3, -0.25) is 0 Å². The first-order chi connectivity index (χ1) is 14.0. The molecule has 0 aromatic carbocycles. The van der Waals surface area contributed by atoms with Crippen molar-refractivity contribution in [2.45, 2.75) is 75.3 Å². The normalized spacial score (nSPS) is 14.0. The molecule has 0 unspecified atom stereocenters. The molecule has 6 nitrogen and oxygen atoms in total. The van der Waals surface area contributed by atoms with Crippen LogP contribution in [0.5, 0.6) is 0 Å². The Kier molecular flexibility index (Phi) is 17.5. The molecule has 0 rings (SSSR count).